The summed E-state index contributed by atoms with van der Waals surface area (Å²) in [7, 11) is 0. The predicted octanol–water partition coefficient (Wildman–Crippen LogP) is 1.79. The van der Waals surface area contributed by atoms with Crippen LogP contribution in [0.1, 0.15) is 6.42 Å². The molecule has 100 valence electrons. The van der Waals surface area contributed by atoms with Crippen LogP contribution in [0.4, 0.5) is 10.7 Å². The van der Waals surface area contributed by atoms with Gasteiger partial charge in [0.1, 0.15) is 5.69 Å². The Kier molecular flexibility index (Phi) is 4.91. The SMILES string of the molecule is O=[N+]([O-])c1sccc1NCCCN1CCOCC1. The summed E-state index contributed by atoms with van der Waals surface area (Å²) in [4.78, 5) is 12.7. The van der Waals surface area contributed by atoms with Crippen molar-refractivity contribution in [3.05, 3.63) is 21.6 Å². The largest absolute Gasteiger partial charge is 0.379 e. The third-order valence-corrected chi connectivity index (χ3v) is 3.75. The molecule has 1 aliphatic heterocycles. The van der Waals surface area contributed by atoms with Crippen molar-refractivity contribution < 1.29 is 9.66 Å². The van der Waals surface area contributed by atoms with Gasteiger partial charge in [0.25, 0.3) is 0 Å². The van der Waals surface area contributed by atoms with Crippen molar-refractivity contribution in [2.24, 2.45) is 0 Å². The molecule has 1 aromatic heterocycles. The van der Waals surface area contributed by atoms with E-state index in [1.54, 1.807) is 11.4 Å². The Bertz CT molecular complexity index is 391. The van der Waals surface area contributed by atoms with Gasteiger partial charge in [-0.25, -0.2) is 0 Å². The minimum Gasteiger partial charge on any atom is -0.379 e. The summed E-state index contributed by atoms with van der Waals surface area (Å²) in [5, 5.41) is 15.8. The van der Waals surface area contributed by atoms with Crippen molar-refractivity contribution in [1.82, 2.24) is 4.90 Å². The summed E-state index contributed by atoms with van der Waals surface area (Å²) in [6.07, 6.45) is 0.979. The smallest absolute Gasteiger partial charge is 0.347 e. The highest BCUT2D eigenvalue weighted by Gasteiger charge is 2.14. The first-order valence-electron chi connectivity index (χ1n) is 6.03. The average molecular weight is 271 g/mol. The fraction of sp³-hybridized carbons (Fsp3) is 0.636. The molecule has 0 saturated carbocycles. The molecule has 0 radical (unpaired) electrons. The van der Waals surface area contributed by atoms with Crippen molar-refractivity contribution >= 4 is 22.0 Å². The first kappa shape index (κ1) is 13.3. The summed E-state index contributed by atoms with van der Waals surface area (Å²) in [6.45, 7) is 5.35. The van der Waals surface area contributed by atoms with Crippen LogP contribution in [0.5, 0.6) is 0 Å². The summed E-state index contributed by atoms with van der Waals surface area (Å²) in [5.41, 5.74) is 0.631. The van der Waals surface area contributed by atoms with E-state index in [0.29, 0.717) is 5.69 Å². The number of hydrogen-bond donors (Lipinski definition) is 1. The van der Waals surface area contributed by atoms with Crippen molar-refractivity contribution in [1.29, 1.82) is 0 Å². The predicted molar refractivity (Wildman–Crippen MR) is 71.3 cm³/mol. The molecule has 0 amide bonds. The Labute approximate surface area is 110 Å². The van der Waals surface area contributed by atoms with Crippen molar-refractivity contribution in [3.63, 3.8) is 0 Å². The van der Waals surface area contributed by atoms with Gasteiger partial charge < -0.3 is 10.1 Å². The van der Waals surface area contributed by atoms with Crippen LogP contribution in [0.25, 0.3) is 0 Å². The van der Waals surface area contributed by atoms with Gasteiger partial charge in [0.2, 0.25) is 0 Å². The topological polar surface area (TPSA) is 67.6 Å². The van der Waals surface area contributed by atoms with Gasteiger partial charge in [-0.1, -0.05) is 11.3 Å². The number of rotatable bonds is 6. The fourth-order valence-electron chi connectivity index (χ4n) is 1.93. The van der Waals surface area contributed by atoms with Crippen LogP contribution in [0.3, 0.4) is 0 Å². The number of anilines is 1. The van der Waals surface area contributed by atoms with E-state index in [1.807, 2.05) is 0 Å². The summed E-state index contributed by atoms with van der Waals surface area (Å²) < 4.78 is 5.28. The molecule has 1 aliphatic rings. The van der Waals surface area contributed by atoms with Gasteiger partial charge in [-0.05, 0) is 24.4 Å². The Morgan fingerprint density at radius 3 is 3.00 bits per heavy atom. The van der Waals surface area contributed by atoms with E-state index in [9.17, 15) is 10.1 Å². The zero-order valence-electron chi connectivity index (χ0n) is 10.1. The number of nitro groups is 1. The standard InChI is InChI=1S/C11H17N3O3S/c15-14(16)11-10(2-9-18-11)12-3-1-4-13-5-7-17-8-6-13/h2,9,12H,1,3-8H2. The Morgan fingerprint density at radius 1 is 1.50 bits per heavy atom. The second kappa shape index (κ2) is 6.67. The minimum atomic E-state index is -0.338. The maximum atomic E-state index is 10.7. The molecule has 0 unspecified atom stereocenters. The third-order valence-electron chi connectivity index (χ3n) is 2.88. The molecule has 0 aliphatic carbocycles. The van der Waals surface area contributed by atoms with E-state index in [4.69, 9.17) is 4.74 Å². The van der Waals surface area contributed by atoms with Gasteiger partial charge in [-0.3, -0.25) is 15.0 Å². The van der Waals surface area contributed by atoms with Crippen LogP contribution in [0.15, 0.2) is 11.4 Å². The van der Waals surface area contributed by atoms with E-state index in [-0.39, 0.29) is 9.92 Å². The molecule has 1 saturated heterocycles. The van der Waals surface area contributed by atoms with E-state index < -0.39 is 0 Å². The minimum absolute atomic E-state index is 0.196. The highest BCUT2D eigenvalue weighted by molar-refractivity contribution is 7.14. The molecule has 0 aromatic carbocycles. The Balaban J connectivity index is 1.68. The molecule has 0 spiro atoms. The summed E-state index contributed by atoms with van der Waals surface area (Å²) in [5.74, 6) is 0. The number of hydrogen-bond acceptors (Lipinski definition) is 6. The number of thiophene rings is 1. The second-order valence-corrected chi connectivity index (χ2v) is 5.03. The van der Waals surface area contributed by atoms with Crippen LogP contribution in [-0.4, -0.2) is 49.2 Å². The van der Waals surface area contributed by atoms with E-state index in [1.165, 1.54) is 0 Å². The normalized spacial score (nSPS) is 16.7. The van der Waals surface area contributed by atoms with Crippen LogP contribution in [0, 0.1) is 10.1 Å². The molecule has 2 heterocycles. The molecule has 0 atom stereocenters. The summed E-state index contributed by atoms with van der Waals surface area (Å²) >= 11 is 1.16. The molecule has 1 N–H and O–H groups in total. The van der Waals surface area contributed by atoms with Crippen molar-refractivity contribution in [3.8, 4) is 0 Å². The molecule has 7 heteroatoms. The molecule has 2 rings (SSSR count). The quantitative estimate of drug-likeness (QED) is 0.485. The molecule has 1 aromatic rings. The number of ether oxygens (including phenoxy) is 1. The molecule has 18 heavy (non-hydrogen) atoms. The molecule has 6 nitrogen and oxygen atoms in total. The van der Waals surface area contributed by atoms with Crippen LogP contribution in [0.2, 0.25) is 0 Å². The maximum Gasteiger partial charge on any atom is 0.347 e. The fourth-order valence-corrected chi connectivity index (χ4v) is 2.61. The van der Waals surface area contributed by atoms with Gasteiger partial charge in [0.05, 0.1) is 18.1 Å². The van der Waals surface area contributed by atoms with Crippen LogP contribution in [-0.2, 0) is 4.74 Å². The van der Waals surface area contributed by atoms with Gasteiger partial charge in [0.15, 0.2) is 0 Å². The zero-order valence-corrected chi connectivity index (χ0v) is 10.9. The van der Waals surface area contributed by atoms with Gasteiger partial charge >= 0.3 is 5.00 Å². The monoisotopic (exact) mass is 271 g/mol. The summed E-state index contributed by atoms with van der Waals surface area (Å²) in [6, 6.07) is 1.76. The molecule has 0 bridgehead atoms. The highest BCUT2D eigenvalue weighted by Crippen LogP contribution is 2.30. The van der Waals surface area contributed by atoms with Crippen molar-refractivity contribution in [2.45, 2.75) is 6.42 Å². The third kappa shape index (κ3) is 3.66. The average Bonchev–Trinajstić information content (AvgIpc) is 2.84. The van der Waals surface area contributed by atoms with E-state index in [2.05, 4.69) is 10.2 Å². The van der Waals surface area contributed by atoms with E-state index >= 15 is 0 Å². The van der Waals surface area contributed by atoms with Crippen LogP contribution < -0.4 is 5.32 Å². The lowest BCUT2D eigenvalue weighted by atomic mass is 10.3. The van der Waals surface area contributed by atoms with Crippen LogP contribution >= 0.6 is 11.3 Å². The second-order valence-electron chi connectivity index (χ2n) is 4.13. The number of nitrogens with zero attached hydrogens (tertiary/aromatic N) is 2. The number of morpholine rings is 1. The molecular weight excluding hydrogens is 254 g/mol. The molecule has 1 fully saturated rings. The highest BCUT2D eigenvalue weighted by atomic mass is 32.1. The lowest BCUT2D eigenvalue weighted by Crippen LogP contribution is -2.37. The van der Waals surface area contributed by atoms with E-state index in [0.717, 1.165) is 57.2 Å². The zero-order chi connectivity index (χ0) is 12.8. The Morgan fingerprint density at radius 2 is 2.28 bits per heavy atom. The molecular formula is C11H17N3O3S. The van der Waals surface area contributed by atoms with Gasteiger partial charge in [-0.15, -0.1) is 0 Å². The first-order chi connectivity index (χ1) is 8.77. The maximum absolute atomic E-state index is 10.7. The lowest BCUT2D eigenvalue weighted by molar-refractivity contribution is -0.379. The van der Waals surface area contributed by atoms with Gasteiger partial charge in [0, 0.05) is 19.6 Å². The van der Waals surface area contributed by atoms with Gasteiger partial charge in [-0.2, -0.15) is 0 Å². The number of nitrogens with one attached hydrogen (secondary N) is 1. The first-order valence-corrected chi connectivity index (χ1v) is 6.91. The Hall–Kier alpha value is -1.18. The lowest BCUT2D eigenvalue weighted by Gasteiger charge is -2.26. The van der Waals surface area contributed by atoms with Crippen molar-refractivity contribution in [2.75, 3.05) is 44.7 Å².